The van der Waals surface area contributed by atoms with Crippen molar-refractivity contribution in [1.29, 1.82) is 0 Å². The maximum atomic E-state index is 12.3. The van der Waals surface area contributed by atoms with Crippen LogP contribution in [-0.2, 0) is 17.6 Å². The first-order valence-electron chi connectivity index (χ1n) is 8.09. The molecule has 1 aromatic carbocycles. The number of carbonyl (C=O) groups is 1. The van der Waals surface area contributed by atoms with E-state index in [1.54, 1.807) is 13.0 Å². The smallest absolute Gasteiger partial charge is 0.307 e. The Morgan fingerprint density at radius 3 is 2.92 bits per heavy atom. The second-order valence-electron chi connectivity index (χ2n) is 6.46. The molecule has 1 aliphatic heterocycles. The minimum absolute atomic E-state index is 0.116. The van der Waals surface area contributed by atoms with E-state index in [2.05, 4.69) is 4.98 Å². The molecule has 0 aliphatic carbocycles. The second-order valence-corrected chi connectivity index (χ2v) is 6.46. The van der Waals surface area contributed by atoms with E-state index in [0.717, 1.165) is 23.3 Å². The third-order valence-corrected chi connectivity index (χ3v) is 4.41. The van der Waals surface area contributed by atoms with Gasteiger partial charge in [0.25, 0.3) is 5.56 Å². The Hall–Kier alpha value is -3.02. The number of hydrogen-bond donors (Lipinski definition) is 2. The molecule has 0 unspecified atom stereocenters. The summed E-state index contributed by atoms with van der Waals surface area (Å²) in [5, 5.41) is 9.58. The van der Waals surface area contributed by atoms with Crippen molar-refractivity contribution < 1.29 is 19.1 Å². The van der Waals surface area contributed by atoms with Crippen molar-refractivity contribution in [1.82, 2.24) is 4.98 Å². The van der Waals surface area contributed by atoms with Gasteiger partial charge < -0.3 is 19.2 Å². The summed E-state index contributed by atoms with van der Waals surface area (Å²) >= 11 is 0. The molecule has 1 atom stereocenters. The number of furan rings is 1. The molecular formula is C19H17NO5. The number of hydrogen-bond acceptors (Lipinski definition) is 4. The van der Waals surface area contributed by atoms with E-state index >= 15 is 0 Å². The van der Waals surface area contributed by atoms with Crippen LogP contribution in [0, 0.1) is 6.92 Å². The molecule has 0 radical (unpaired) electrons. The van der Waals surface area contributed by atoms with Crippen molar-refractivity contribution in [3.63, 3.8) is 0 Å². The summed E-state index contributed by atoms with van der Waals surface area (Å²) in [6.45, 7) is 3.76. The van der Waals surface area contributed by atoms with E-state index in [1.807, 2.05) is 25.1 Å². The number of carboxylic acids is 1. The molecule has 3 heterocycles. The topological polar surface area (TPSA) is 92.5 Å². The van der Waals surface area contributed by atoms with Crippen LogP contribution in [0.3, 0.4) is 0 Å². The molecule has 3 aromatic rings. The molecule has 25 heavy (non-hydrogen) atoms. The van der Waals surface area contributed by atoms with Gasteiger partial charge in [0.05, 0.1) is 11.8 Å². The summed E-state index contributed by atoms with van der Waals surface area (Å²) in [4.78, 5) is 26.4. The maximum absolute atomic E-state index is 12.3. The number of fused-ring (bicyclic) bond motifs is 2. The standard InChI is InChI=1S/C19H17NO5/c1-9-5-15-17(19(23)20-9)13(8-16(21)22)18(25-15)11-3-4-14-12(7-11)6-10(2)24-14/h3-5,7,10H,6,8H2,1-2H3,(H,20,23)(H,21,22)/t10-/m0/s1. The molecule has 4 rings (SSSR count). The summed E-state index contributed by atoms with van der Waals surface area (Å²) < 4.78 is 11.6. The van der Waals surface area contributed by atoms with Crippen molar-refractivity contribution in [2.24, 2.45) is 0 Å². The number of aromatic nitrogens is 1. The second kappa shape index (κ2) is 5.51. The zero-order chi connectivity index (χ0) is 17.7. The molecule has 6 nitrogen and oxygen atoms in total. The average molecular weight is 339 g/mol. The van der Waals surface area contributed by atoms with Crippen molar-refractivity contribution in [3.05, 3.63) is 51.4 Å². The highest BCUT2D eigenvalue weighted by molar-refractivity contribution is 5.91. The summed E-state index contributed by atoms with van der Waals surface area (Å²) in [6, 6.07) is 7.36. The van der Waals surface area contributed by atoms with Gasteiger partial charge in [0.1, 0.15) is 23.2 Å². The molecule has 0 saturated heterocycles. The van der Waals surface area contributed by atoms with Crippen LogP contribution in [0.4, 0.5) is 0 Å². The number of aryl methyl sites for hydroxylation is 1. The van der Waals surface area contributed by atoms with Crippen LogP contribution in [0.1, 0.15) is 23.7 Å². The van der Waals surface area contributed by atoms with Crippen LogP contribution in [-0.4, -0.2) is 22.2 Å². The van der Waals surface area contributed by atoms with E-state index < -0.39 is 5.97 Å². The van der Waals surface area contributed by atoms with Crippen LogP contribution in [0.15, 0.2) is 33.5 Å². The van der Waals surface area contributed by atoms with E-state index in [1.165, 1.54) is 0 Å². The Balaban J connectivity index is 1.95. The lowest BCUT2D eigenvalue weighted by atomic mass is 10.0. The summed E-state index contributed by atoms with van der Waals surface area (Å²) in [6.07, 6.45) is 0.625. The Labute approximate surface area is 143 Å². The number of benzene rings is 1. The van der Waals surface area contributed by atoms with Crippen molar-refractivity contribution in [2.75, 3.05) is 0 Å². The molecule has 128 valence electrons. The maximum Gasteiger partial charge on any atom is 0.307 e. The fourth-order valence-corrected chi connectivity index (χ4v) is 3.43. The Bertz CT molecular complexity index is 1060. The lowest BCUT2D eigenvalue weighted by Gasteiger charge is -2.04. The molecule has 0 saturated carbocycles. The van der Waals surface area contributed by atoms with Crippen molar-refractivity contribution in [3.8, 4) is 17.1 Å². The van der Waals surface area contributed by atoms with Gasteiger partial charge in [0.15, 0.2) is 0 Å². The van der Waals surface area contributed by atoms with Gasteiger partial charge in [-0.3, -0.25) is 9.59 Å². The lowest BCUT2D eigenvalue weighted by Crippen LogP contribution is -2.10. The zero-order valence-electron chi connectivity index (χ0n) is 13.9. The number of aromatic amines is 1. The minimum Gasteiger partial charge on any atom is -0.490 e. The number of carboxylic acid groups (broad SMARTS) is 1. The van der Waals surface area contributed by atoms with Crippen molar-refractivity contribution in [2.45, 2.75) is 32.8 Å². The number of nitrogens with one attached hydrogen (secondary N) is 1. The predicted octanol–water partition coefficient (Wildman–Crippen LogP) is 3.05. The van der Waals surface area contributed by atoms with Gasteiger partial charge in [0, 0.05) is 29.3 Å². The molecule has 0 bridgehead atoms. The van der Waals surface area contributed by atoms with Gasteiger partial charge in [-0.25, -0.2) is 0 Å². The van der Waals surface area contributed by atoms with Crippen LogP contribution in [0.2, 0.25) is 0 Å². The lowest BCUT2D eigenvalue weighted by molar-refractivity contribution is -0.136. The van der Waals surface area contributed by atoms with Crippen LogP contribution in [0.25, 0.3) is 22.3 Å². The van der Waals surface area contributed by atoms with Gasteiger partial charge in [0.2, 0.25) is 0 Å². The Kier molecular flexibility index (Phi) is 3.42. The number of ether oxygens (including phenoxy) is 1. The first-order valence-corrected chi connectivity index (χ1v) is 8.09. The molecular weight excluding hydrogens is 322 g/mol. The van der Waals surface area contributed by atoms with E-state index in [9.17, 15) is 14.7 Å². The van der Waals surface area contributed by atoms with Gasteiger partial charge in [-0.15, -0.1) is 0 Å². The first kappa shape index (κ1) is 15.5. The largest absolute Gasteiger partial charge is 0.490 e. The third-order valence-electron chi connectivity index (χ3n) is 4.41. The molecule has 0 amide bonds. The van der Waals surface area contributed by atoms with Gasteiger partial charge in [-0.2, -0.15) is 0 Å². The number of pyridine rings is 1. The van der Waals surface area contributed by atoms with E-state index in [0.29, 0.717) is 28.0 Å². The number of H-pyrrole nitrogens is 1. The highest BCUT2D eigenvalue weighted by Gasteiger charge is 2.24. The minimum atomic E-state index is -1.01. The normalized spacial score (nSPS) is 16.0. The van der Waals surface area contributed by atoms with Crippen LogP contribution < -0.4 is 10.3 Å². The van der Waals surface area contributed by atoms with Crippen molar-refractivity contribution >= 4 is 16.9 Å². The van der Waals surface area contributed by atoms with Gasteiger partial charge in [-0.05, 0) is 37.6 Å². The quantitative estimate of drug-likeness (QED) is 0.765. The molecule has 0 spiro atoms. The van der Waals surface area contributed by atoms with E-state index in [4.69, 9.17) is 9.15 Å². The monoisotopic (exact) mass is 339 g/mol. The fraction of sp³-hybridized carbons (Fsp3) is 0.263. The van der Waals surface area contributed by atoms with Crippen LogP contribution >= 0.6 is 0 Å². The highest BCUT2D eigenvalue weighted by Crippen LogP contribution is 2.37. The van der Waals surface area contributed by atoms with Gasteiger partial charge >= 0.3 is 5.97 Å². The molecule has 2 aromatic heterocycles. The molecule has 6 heteroatoms. The van der Waals surface area contributed by atoms with Crippen LogP contribution in [0.5, 0.6) is 5.75 Å². The van der Waals surface area contributed by atoms with E-state index in [-0.39, 0.29) is 18.1 Å². The third kappa shape index (κ3) is 2.59. The summed E-state index contributed by atoms with van der Waals surface area (Å²) in [7, 11) is 0. The Morgan fingerprint density at radius 2 is 2.16 bits per heavy atom. The molecule has 0 fully saturated rings. The first-order chi connectivity index (χ1) is 11.9. The number of aliphatic carboxylic acids is 1. The SMILES string of the molecule is Cc1cc2oc(-c3ccc4c(c3)C[C@H](C)O4)c(CC(=O)O)c2c(=O)[nH]1. The fourth-order valence-electron chi connectivity index (χ4n) is 3.43. The molecule has 2 N–H and O–H groups in total. The average Bonchev–Trinajstić information content (AvgIpc) is 3.05. The van der Waals surface area contributed by atoms with Gasteiger partial charge in [-0.1, -0.05) is 0 Å². The Morgan fingerprint density at radius 1 is 1.36 bits per heavy atom. The predicted molar refractivity (Wildman–Crippen MR) is 92.1 cm³/mol. The zero-order valence-corrected chi connectivity index (χ0v) is 13.9. The summed E-state index contributed by atoms with van der Waals surface area (Å²) in [5.41, 5.74) is 2.93. The molecule has 1 aliphatic rings. The number of rotatable bonds is 3. The highest BCUT2D eigenvalue weighted by atomic mass is 16.5. The summed E-state index contributed by atoms with van der Waals surface area (Å²) in [5.74, 6) is 0.249.